The quantitative estimate of drug-likeness (QED) is 0.775. The third-order valence-electron chi connectivity index (χ3n) is 1.69. The van der Waals surface area contributed by atoms with Gasteiger partial charge in [-0.05, 0) is 30.9 Å². The standard InChI is InChI=1S/C10H11BrOS/c1-7(12)5-8-3-4-9(11)6-10(8)13-2/h3-4,6H,5H2,1-2H3. The normalized spacial score (nSPS) is 10.1. The highest BCUT2D eigenvalue weighted by molar-refractivity contribution is 9.10. The molecule has 0 unspecified atom stereocenters. The molecule has 0 saturated carbocycles. The third kappa shape index (κ3) is 3.16. The summed E-state index contributed by atoms with van der Waals surface area (Å²) in [7, 11) is 0. The Morgan fingerprint density at radius 3 is 2.77 bits per heavy atom. The number of hydrogen-bond acceptors (Lipinski definition) is 2. The molecule has 0 bridgehead atoms. The molecule has 0 atom stereocenters. The summed E-state index contributed by atoms with van der Waals surface area (Å²) in [6.07, 6.45) is 2.55. The Kier molecular flexibility index (Phi) is 4.00. The Bertz CT molecular complexity index is 323. The van der Waals surface area contributed by atoms with Gasteiger partial charge in [0.05, 0.1) is 0 Å². The Morgan fingerprint density at radius 2 is 2.23 bits per heavy atom. The molecule has 3 heteroatoms. The summed E-state index contributed by atoms with van der Waals surface area (Å²) < 4.78 is 1.06. The van der Waals surface area contributed by atoms with Crippen molar-refractivity contribution in [2.24, 2.45) is 0 Å². The van der Waals surface area contributed by atoms with Crippen molar-refractivity contribution in [3.05, 3.63) is 28.2 Å². The molecule has 0 aliphatic heterocycles. The maximum Gasteiger partial charge on any atom is 0.134 e. The zero-order chi connectivity index (χ0) is 9.84. The molecular formula is C10H11BrOS. The molecule has 0 aliphatic carbocycles. The van der Waals surface area contributed by atoms with Gasteiger partial charge in [-0.1, -0.05) is 22.0 Å². The number of carbonyl (C=O) groups excluding carboxylic acids is 1. The molecule has 0 radical (unpaired) electrons. The topological polar surface area (TPSA) is 17.1 Å². The van der Waals surface area contributed by atoms with Gasteiger partial charge in [0.2, 0.25) is 0 Å². The Morgan fingerprint density at radius 1 is 1.54 bits per heavy atom. The van der Waals surface area contributed by atoms with Gasteiger partial charge in [0, 0.05) is 15.8 Å². The number of Topliss-reactive ketones (excluding diaryl/α,β-unsaturated/α-hetero) is 1. The SMILES string of the molecule is CSc1cc(Br)ccc1CC(C)=O. The second-order valence-corrected chi connectivity index (χ2v) is 4.60. The zero-order valence-corrected chi connectivity index (χ0v) is 10.0. The lowest BCUT2D eigenvalue weighted by Crippen LogP contribution is -1.97. The van der Waals surface area contributed by atoms with Crippen LogP contribution in [-0.4, -0.2) is 12.0 Å². The van der Waals surface area contributed by atoms with Crippen LogP contribution in [0.5, 0.6) is 0 Å². The average Bonchev–Trinajstić information content (AvgIpc) is 2.07. The van der Waals surface area contributed by atoms with Crippen LogP contribution >= 0.6 is 27.7 Å². The van der Waals surface area contributed by atoms with Crippen LogP contribution in [0, 0.1) is 0 Å². The van der Waals surface area contributed by atoms with E-state index in [2.05, 4.69) is 15.9 Å². The molecule has 1 aromatic carbocycles. The van der Waals surface area contributed by atoms with E-state index in [0.717, 1.165) is 10.0 Å². The van der Waals surface area contributed by atoms with Crippen molar-refractivity contribution in [2.75, 3.05) is 6.26 Å². The monoisotopic (exact) mass is 258 g/mol. The van der Waals surface area contributed by atoms with Crippen LogP contribution in [0.4, 0.5) is 0 Å². The molecule has 0 aliphatic rings. The molecular weight excluding hydrogens is 248 g/mol. The summed E-state index contributed by atoms with van der Waals surface area (Å²) in [5.74, 6) is 0.206. The average molecular weight is 259 g/mol. The maximum atomic E-state index is 10.9. The van der Waals surface area contributed by atoms with Crippen molar-refractivity contribution in [1.82, 2.24) is 0 Å². The van der Waals surface area contributed by atoms with Gasteiger partial charge in [-0.2, -0.15) is 0 Å². The lowest BCUT2D eigenvalue weighted by molar-refractivity contribution is -0.116. The number of ketones is 1. The number of thioether (sulfide) groups is 1. The molecule has 0 amide bonds. The summed E-state index contributed by atoms with van der Waals surface area (Å²) in [5, 5.41) is 0. The van der Waals surface area contributed by atoms with Gasteiger partial charge >= 0.3 is 0 Å². The highest BCUT2D eigenvalue weighted by Crippen LogP contribution is 2.25. The zero-order valence-electron chi connectivity index (χ0n) is 7.63. The molecule has 70 valence electrons. The second kappa shape index (κ2) is 4.82. The molecule has 1 nitrogen and oxygen atoms in total. The Balaban J connectivity index is 2.99. The number of rotatable bonds is 3. The Labute approximate surface area is 91.0 Å². The number of halogens is 1. The third-order valence-corrected chi connectivity index (χ3v) is 3.00. The molecule has 0 aromatic heterocycles. The number of carbonyl (C=O) groups is 1. The first kappa shape index (κ1) is 10.8. The maximum absolute atomic E-state index is 10.9. The highest BCUT2D eigenvalue weighted by atomic mass is 79.9. The van der Waals surface area contributed by atoms with E-state index in [-0.39, 0.29) is 5.78 Å². The van der Waals surface area contributed by atoms with Crippen LogP contribution < -0.4 is 0 Å². The van der Waals surface area contributed by atoms with E-state index in [1.54, 1.807) is 18.7 Å². The van der Waals surface area contributed by atoms with E-state index >= 15 is 0 Å². The van der Waals surface area contributed by atoms with E-state index in [4.69, 9.17) is 0 Å². The summed E-state index contributed by atoms with van der Waals surface area (Å²) in [4.78, 5) is 12.1. The van der Waals surface area contributed by atoms with Crippen LogP contribution in [0.15, 0.2) is 27.6 Å². The van der Waals surface area contributed by atoms with Crippen LogP contribution in [-0.2, 0) is 11.2 Å². The van der Waals surface area contributed by atoms with Crippen LogP contribution in [0.1, 0.15) is 12.5 Å². The van der Waals surface area contributed by atoms with Gasteiger partial charge in [0.1, 0.15) is 5.78 Å². The van der Waals surface area contributed by atoms with Gasteiger partial charge < -0.3 is 0 Å². The minimum Gasteiger partial charge on any atom is -0.300 e. The predicted molar refractivity (Wildman–Crippen MR) is 60.3 cm³/mol. The lowest BCUT2D eigenvalue weighted by atomic mass is 10.1. The predicted octanol–water partition coefficient (Wildman–Crippen LogP) is 3.30. The van der Waals surface area contributed by atoms with Gasteiger partial charge in [0.25, 0.3) is 0 Å². The first-order valence-corrected chi connectivity index (χ1v) is 5.97. The molecule has 1 aromatic rings. The number of hydrogen-bond donors (Lipinski definition) is 0. The fraction of sp³-hybridized carbons (Fsp3) is 0.300. The van der Waals surface area contributed by atoms with Crippen molar-refractivity contribution in [1.29, 1.82) is 0 Å². The largest absolute Gasteiger partial charge is 0.300 e. The van der Waals surface area contributed by atoms with Gasteiger partial charge in [-0.3, -0.25) is 4.79 Å². The van der Waals surface area contributed by atoms with E-state index in [0.29, 0.717) is 6.42 Å². The fourth-order valence-corrected chi connectivity index (χ4v) is 2.29. The van der Waals surface area contributed by atoms with Crippen molar-refractivity contribution < 1.29 is 4.79 Å². The van der Waals surface area contributed by atoms with Gasteiger partial charge in [0.15, 0.2) is 0 Å². The molecule has 0 N–H and O–H groups in total. The summed E-state index contributed by atoms with van der Waals surface area (Å²) in [6.45, 7) is 1.62. The van der Waals surface area contributed by atoms with Gasteiger partial charge in [-0.15, -0.1) is 11.8 Å². The molecule has 1 rings (SSSR count). The molecule has 0 heterocycles. The highest BCUT2D eigenvalue weighted by Gasteiger charge is 2.04. The Hall–Kier alpha value is -0.280. The second-order valence-electron chi connectivity index (χ2n) is 2.83. The molecule has 13 heavy (non-hydrogen) atoms. The first-order chi connectivity index (χ1) is 6.13. The van der Waals surface area contributed by atoms with E-state index in [1.807, 2.05) is 24.5 Å². The van der Waals surface area contributed by atoms with Crippen molar-refractivity contribution in [2.45, 2.75) is 18.2 Å². The van der Waals surface area contributed by atoms with Gasteiger partial charge in [-0.25, -0.2) is 0 Å². The smallest absolute Gasteiger partial charge is 0.134 e. The molecule has 0 spiro atoms. The fourth-order valence-electron chi connectivity index (χ4n) is 1.13. The lowest BCUT2D eigenvalue weighted by Gasteiger charge is -2.05. The van der Waals surface area contributed by atoms with Crippen LogP contribution in [0.2, 0.25) is 0 Å². The van der Waals surface area contributed by atoms with E-state index in [1.165, 1.54) is 4.90 Å². The van der Waals surface area contributed by atoms with Crippen LogP contribution in [0.25, 0.3) is 0 Å². The van der Waals surface area contributed by atoms with E-state index in [9.17, 15) is 4.79 Å². The van der Waals surface area contributed by atoms with E-state index < -0.39 is 0 Å². The summed E-state index contributed by atoms with van der Waals surface area (Å²) in [6, 6.07) is 6.01. The minimum absolute atomic E-state index is 0.206. The molecule has 0 saturated heterocycles. The first-order valence-electron chi connectivity index (χ1n) is 3.95. The van der Waals surface area contributed by atoms with Crippen molar-refractivity contribution in [3.8, 4) is 0 Å². The summed E-state index contributed by atoms with van der Waals surface area (Å²) >= 11 is 5.07. The summed E-state index contributed by atoms with van der Waals surface area (Å²) in [5.41, 5.74) is 1.11. The van der Waals surface area contributed by atoms with Crippen molar-refractivity contribution >= 4 is 33.5 Å². The van der Waals surface area contributed by atoms with Crippen LogP contribution in [0.3, 0.4) is 0 Å². The minimum atomic E-state index is 0.206. The molecule has 0 fully saturated rings. The number of benzene rings is 1. The van der Waals surface area contributed by atoms with Crippen molar-refractivity contribution in [3.63, 3.8) is 0 Å².